The van der Waals surface area contributed by atoms with Crippen LogP contribution in [0.15, 0.2) is 48.5 Å². The molecule has 2 aromatic rings. The Morgan fingerprint density at radius 1 is 1.11 bits per heavy atom. The van der Waals surface area contributed by atoms with E-state index >= 15 is 0 Å². The number of ether oxygens (including phenoxy) is 1. The molecule has 100 valence electrons. The average molecular weight is 256 g/mol. The summed E-state index contributed by atoms with van der Waals surface area (Å²) in [6.07, 6.45) is 0. The molecule has 0 aromatic heterocycles. The highest BCUT2D eigenvalue weighted by atomic mass is 16.5. The van der Waals surface area contributed by atoms with E-state index in [1.54, 1.807) is 0 Å². The number of nitrogen functional groups attached to an aromatic ring is 1. The Morgan fingerprint density at radius 3 is 2.63 bits per heavy atom. The van der Waals surface area contributed by atoms with E-state index in [4.69, 9.17) is 10.5 Å². The maximum absolute atomic E-state index is 5.83. The molecule has 0 heterocycles. The first-order chi connectivity index (χ1) is 9.16. The first kappa shape index (κ1) is 13.3. The number of nitrogens with two attached hydrogens (primary N) is 1. The minimum absolute atomic E-state index is 0.610. The number of anilines is 2. The van der Waals surface area contributed by atoms with Gasteiger partial charge in [0.2, 0.25) is 0 Å². The molecule has 3 nitrogen and oxygen atoms in total. The molecule has 0 spiro atoms. The van der Waals surface area contributed by atoms with Gasteiger partial charge in [0.05, 0.1) is 12.2 Å². The van der Waals surface area contributed by atoms with Gasteiger partial charge in [-0.15, -0.1) is 0 Å². The Kier molecular flexibility index (Phi) is 4.29. The van der Waals surface area contributed by atoms with Crippen molar-refractivity contribution in [2.75, 3.05) is 30.8 Å². The van der Waals surface area contributed by atoms with Crippen LogP contribution < -0.4 is 15.4 Å². The molecule has 0 atom stereocenters. The van der Waals surface area contributed by atoms with E-state index in [9.17, 15) is 0 Å². The summed E-state index contributed by atoms with van der Waals surface area (Å²) in [5, 5.41) is 0. The molecule has 2 aromatic carbocycles. The van der Waals surface area contributed by atoms with Crippen molar-refractivity contribution >= 4 is 11.4 Å². The Balaban J connectivity index is 1.88. The molecular weight excluding hydrogens is 236 g/mol. The van der Waals surface area contributed by atoms with Gasteiger partial charge in [-0.25, -0.2) is 0 Å². The number of hydrogen-bond acceptors (Lipinski definition) is 3. The predicted octanol–water partition coefficient (Wildman–Crippen LogP) is 3.09. The van der Waals surface area contributed by atoms with Gasteiger partial charge in [-0.05, 0) is 36.8 Å². The Morgan fingerprint density at radius 2 is 1.89 bits per heavy atom. The van der Waals surface area contributed by atoms with Gasteiger partial charge in [-0.2, -0.15) is 0 Å². The van der Waals surface area contributed by atoms with Gasteiger partial charge >= 0.3 is 0 Å². The number of aryl methyl sites for hydroxylation is 1. The number of benzene rings is 2. The standard InChI is InChI=1S/C16H20N2O/c1-13-6-5-7-14(12-13)18(2)10-11-19-16-9-4-3-8-15(16)17/h3-9,12H,10-11,17H2,1-2H3. The molecular formula is C16H20N2O. The fraction of sp³-hybridized carbons (Fsp3) is 0.250. The summed E-state index contributed by atoms with van der Waals surface area (Å²) in [5.41, 5.74) is 8.97. The number of rotatable bonds is 5. The van der Waals surface area contributed by atoms with E-state index in [0.29, 0.717) is 12.3 Å². The van der Waals surface area contributed by atoms with Gasteiger partial charge in [-0.1, -0.05) is 24.3 Å². The van der Waals surface area contributed by atoms with Crippen LogP contribution in [0.25, 0.3) is 0 Å². The fourth-order valence-electron chi connectivity index (χ4n) is 1.90. The molecule has 0 unspecified atom stereocenters. The molecule has 3 heteroatoms. The van der Waals surface area contributed by atoms with Crippen molar-refractivity contribution in [3.05, 3.63) is 54.1 Å². The lowest BCUT2D eigenvalue weighted by Crippen LogP contribution is -2.23. The summed E-state index contributed by atoms with van der Waals surface area (Å²) in [5.74, 6) is 0.750. The molecule has 0 aliphatic carbocycles. The molecule has 19 heavy (non-hydrogen) atoms. The van der Waals surface area contributed by atoms with Crippen molar-refractivity contribution in [3.63, 3.8) is 0 Å². The first-order valence-electron chi connectivity index (χ1n) is 6.42. The normalized spacial score (nSPS) is 10.2. The van der Waals surface area contributed by atoms with Crippen molar-refractivity contribution in [2.24, 2.45) is 0 Å². The maximum atomic E-state index is 5.83. The quantitative estimate of drug-likeness (QED) is 0.835. The number of para-hydroxylation sites is 2. The Bertz CT molecular complexity index is 540. The van der Waals surface area contributed by atoms with E-state index in [0.717, 1.165) is 12.3 Å². The molecule has 0 saturated carbocycles. The van der Waals surface area contributed by atoms with Crippen LogP contribution in [0.1, 0.15) is 5.56 Å². The molecule has 0 fully saturated rings. The Hall–Kier alpha value is -2.16. The van der Waals surface area contributed by atoms with Crippen molar-refractivity contribution in [3.8, 4) is 5.75 Å². The molecule has 2 rings (SSSR count). The average Bonchev–Trinajstić information content (AvgIpc) is 2.41. The highest BCUT2D eigenvalue weighted by molar-refractivity contribution is 5.52. The SMILES string of the molecule is Cc1cccc(N(C)CCOc2ccccc2N)c1. The van der Waals surface area contributed by atoms with Crippen molar-refractivity contribution in [1.29, 1.82) is 0 Å². The second kappa shape index (κ2) is 6.14. The predicted molar refractivity (Wildman–Crippen MR) is 80.8 cm³/mol. The lowest BCUT2D eigenvalue weighted by Gasteiger charge is -2.20. The van der Waals surface area contributed by atoms with E-state index < -0.39 is 0 Å². The van der Waals surface area contributed by atoms with Crippen LogP contribution in [-0.2, 0) is 0 Å². The van der Waals surface area contributed by atoms with Gasteiger partial charge in [0, 0.05) is 12.7 Å². The summed E-state index contributed by atoms with van der Waals surface area (Å²) in [4.78, 5) is 2.17. The van der Waals surface area contributed by atoms with Gasteiger partial charge in [0.25, 0.3) is 0 Å². The molecule has 0 radical (unpaired) electrons. The second-order valence-electron chi connectivity index (χ2n) is 4.65. The van der Waals surface area contributed by atoms with Gasteiger partial charge in [0.1, 0.15) is 12.4 Å². The van der Waals surface area contributed by atoms with Crippen LogP contribution in [-0.4, -0.2) is 20.2 Å². The van der Waals surface area contributed by atoms with Gasteiger partial charge in [0.15, 0.2) is 0 Å². The molecule has 0 saturated heterocycles. The summed E-state index contributed by atoms with van der Waals surface area (Å²) in [6.45, 7) is 3.52. The van der Waals surface area contributed by atoms with Crippen LogP contribution >= 0.6 is 0 Å². The lowest BCUT2D eigenvalue weighted by atomic mass is 10.2. The summed E-state index contributed by atoms with van der Waals surface area (Å²) in [7, 11) is 2.06. The highest BCUT2D eigenvalue weighted by Gasteiger charge is 2.02. The van der Waals surface area contributed by atoms with E-state index in [2.05, 4.69) is 43.1 Å². The maximum Gasteiger partial charge on any atom is 0.142 e. The highest BCUT2D eigenvalue weighted by Crippen LogP contribution is 2.20. The van der Waals surface area contributed by atoms with E-state index in [1.165, 1.54) is 11.3 Å². The van der Waals surface area contributed by atoms with Crippen molar-refractivity contribution in [1.82, 2.24) is 0 Å². The fourth-order valence-corrected chi connectivity index (χ4v) is 1.90. The Labute approximate surface area is 114 Å². The first-order valence-corrected chi connectivity index (χ1v) is 6.42. The second-order valence-corrected chi connectivity index (χ2v) is 4.65. The van der Waals surface area contributed by atoms with Crippen LogP contribution in [0.3, 0.4) is 0 Å². The molecule has 0 bridgehead atoms. The van der Waals surface area contributed by atoms with Crippen LogP contribution in [0.2, 0.25) is 0 Å². The zero-order valence-corrected chi connectivity index (χ0v) is 11.5. The van der Waals surface area contributed by atoms with Crippen molar-refractivity contribution in [2.45, 2.75) is 6.92 Å². The zero-order valence-electron chi connectivity index (χ0n) is 11.5. The van der Waals surface area contributed by atoms with Crippen LogP contribution in [0.5, 0.6) is 5.75 Å². The minimum Gasteiger partial charge on any atom is -0.490 e. The van der Waals surface area contributed by atoms with Crippen molar-refractivity contribution < 1.29 is 4.74 Å². The smallest absolute Gasteiger partial charge is 0.142 e. The monoisotopic (exact) mass is 256 g/mol. The third-order valence-electron chi connectivity index (χ3n) is 3.05. The lowest BCUT2D eigenvalue weighted by molar-refractivity contribution is 0.327. The van der Waals surface area contributed by atoms with E-state index in [1.807, 2.05) is 24.3 Å². The van der Waals surface area contributed by atoms with Crippen LogP contribution in [0.4, 0.5) is 11.4 Å². The number of likely N-dealkylation sites (N-methyl/N-ethyl adjacent to an activating group) is 1. The molecule has 0 aliphatic rings. The third kappa shape index (κ3) is 3.65. The molecule has 2 N–H and O–H groups in total. The van der Waals surface area contributed by atoms with Gasteiger partial charge in [-0.3, -0.25) is 0 Å². The molecule has 0 amide bonds. The van der Waals surface area contributed by atoms with E-state index in [-0.39, 0.29) is 0 Å². The minimum atomic E-state index is 0.610. The third-order valence-corrected chi connectivity index (χ3v) is 3.05. The van der Waals surface area contributed by atoms with Gasteiger partial charge < -0.3 is 15.4 Å². The summed E-state index contributed by atoms with van der Waals surface area (Å²) < 4.78 is 5.69. The summed E-state index contributed by atoms with van der Waals surface area (Å²) in [6, 6.07) is 16.0. The summed E-state index contributed by atoms with van der Waals surface area (Å²) >= 11 is 0. The number of nitrogens with zero attached hydrogens (tertiary/aromatic N) is 1. The van der Waals surface area contributed by atoms with Crippen LogP contribution in [0, 0.1) is 6.92 Å². The molecule has 0 aliphatic heterocycles. The zero-order chi connectivity index (χ0) is 13.7. The largest absolute Gasteiger partial charge is 0.490 e. The number of hydrogen-bond donors (Lipinski definition) is 1. The topological polar surface area (TPSA) is 38.5 Å².